The van der Waals surface area contributed by atoms with E-state index in [9.17, 15) is 0 Å². The van der Waals surface area contributed by atoms with Crippen molar-refractivity contribution in [2.24, 2.45) is 5.10 Å². The Balaban J connectivity index is 1.62. The molecular weight excluding hydrogens is 483 g/mol. The van der Waals surface area contributed by atoms with Crippen LogP contribution in [0.4, 0.5) is 5.95 Å². The number of benzene rings is 2. The standard InChI is InChI=1S/C16H10BrIN6/c17-10-4-5-13-12(7-10)14-15(20-13)21-16(24-22-14)23-19-8-9-2-1-3-11(18)6-9/h1-8H,(H2,20,21,23,24)/b19-8-. The summed E-state index contributed by atoms with van der Waals surface area (Å²) >= 11 is 5.73. The fourth-order valence-electron chi connectivity index (χ4n) is 2.34. The van der Waals surface area contributed by atoms with Gasteiger partial charge in [-0.2, -0.15) is 10.1 Å². The number of hydrogen-bond acceptors (Lipinski definition) is 5. The van der Waals surface area contributed by atoms with Gasteiger partial charge in [0.2, 0.25) is 0 Å². The topological polar surface area (TPSA) is 78.9 Å². The molecule has 0 spiro atoms. The van der Waals surface area contributed by atoms with E-state index in [0.717, 1.165) is 30.0 Å². The smallest absolute Gasteiger partial charge is 0.265 e. The molecular formula is C16H10BrIN6. The number of aromatic amines is 1. The second kappa shape index (κ2) is 6.44. The van der Waals surface area contributed by atoms with Crippen LogP contribution < -0.4 is 5.43 Å². The summed E-state index contributed by atoms with van der Waals surface area (Å²) in [4.78, 5) is 7.65. The lowest BCUT2D eigenvalue weighted by Crippen LogP contribution is -1.99. The number of nitrogens with one attached hydrogen (secondary N) is 2. The van der Waals surface area contributed by atoms with E-state index >= 15 is 0 Å². The Morgan fingerprint density at radius 3 is 2.96 bits per heavy atom. The highest BCUT2D eigenvalue weighted by molar-refractivity contribution is 14.1. The van der Waals surface area contributed by atoms with Crippen LogP contribution in [0, 0.1) is 3.57 Å². The minimum atomic E-state index is 0.343. The summed E-state index contributed by atoms with van der Waals surface area (Å²) in [5.74, 6) is 0.343. The normalized spacial score (nSPS) is 11.6. The van der Waals surface area contributed by atoms with Crippen LogP contribution in [0.3, 0.4) is 0 Å². The van der Waals surface area contributed by atoms with Crippen LogP contribution >= 0.6 is 38.5 Å². The Morgan fingerprint density at radius 1 is 1.17 bits per heavy atom. The third-order valence-corrected chi connectivity index (χ3v) is 4.57. The third-order valence-electron chi connectivity index (χ3n) is 3.40. The lowest BCUT2D eigenvalue weighted by molar-refractivity contribution is 1.01. The van der Waals surface area contributed by atoms with Gasteiger partial charge in [-0.15, -0.1) is 10.2 Å². The van der Waals surface area contributed by atoms with Crippen LogP contribution in [0.5, 0.6) is 0 Å². The molecule has 0 fully saturated rings. The van der Waals surface area contributed by atoms with Crippen molar-refractivity contribution in [3.05, 3.63) is 56.1 Å². The summed E-state index contributed by atoms with van der Waals surface area (Å²) in [6.07, 6.45) is 1.72. The highest BCUT2D eigenvalue weighted by Crippen LogP contribution is 2.25. The zero-order chi connectivity index (χ0) is 16.5. The maximum atomic E-state index is 4.42. The van der Waals surface area contributed by atoms with Crippen molar-refractivity contribution in [2.45, 2.75) is 0 Å². The number of halogens is 2. The molecule has 24 heavy (non-hydrogen) atoms. The van der Waals surface area contributed by atoms with Gasteiger partial charge in [-0.25, -0.2) is 5.43 Å². The Bertz CT molecular complexity index is 1070. The first kappa shape index (κ1) is 15.5. The van der Waals surface area contributed by atoms with Crippen LogP contribution in [-0.2, 0) is 0 Å². The second-order valence-electron chi connectivity index (χ2n) is 5.07. The van der Waals surface area contributed by atoms with Gasteiger partial charge in [-0.05, 0) is 58.5 Å². The van der Waals surface area contributed by atoms with E-state index in [1.807, 2.05) is 42.5 Å². The van der Waals surface area contributed by atoms with E-state index in [4.69, 9.17) is 0 Å². The summed E-state index contributed by atoms with van der Waals surface area (Å²) in [6.45, 7) is 0. The number of hydrazone groups is 1. The van der Waals surface area contributed by atoms with Crippen LogP contribution in [0.1, 0.15) is 5.56 Å². The molecule has 0 bridgehead atoms. The molecule has 2 heterocycles. The summed E-state index contributed by atoms with van der Waals surface area (Å²) in [5, 5.41) is 13.5. The first-order chi connectivity index (χ1) is 11.7. The van der Waals surface area contributed by atoms with Crippen molar-refractivity contribution in [3.63, 3.8) is 0 Å². The summed E-state index contributed by atoms with van der Waals surface area (Å²) in [7, 11) is 0. The van der Waals surface area contributed by atoms with Crippen LogP contribution in [0.15, 0.2) is 52.0 Å². The lowest BCUT2D eigenvalue weighted by atomic mass is 10.2. The molecule has 0 saturated carbocycles. The first-order valence-electron chi connectivity index (χ1n) is 7.05. The van der Waals surface area contributed by atoms with E-state index in [2.05, 4.69) is 69.2 Å². The monoisotopic (exact) mass is 492 g/mol. The molecule has 0 aliphatic rings. The molecule has 0 saturated heterocycles. The molecule has 4 rings (SSSR count). The van der Waals surface area contributed by atoms with Gasteiger partial charge in [-0.1, -0.05) is 28.1 Å². The summed E-state index contributed by atoms with van der Waals surface area (Å²) in [5.41, 5.74) is 6.19. The molecule has 0 unspecified atom stereocenters. The van der Waals surface area contributed by atoms with Gasteiger partial charge in [-0.3, -0.25) is 0 Å². The number of anilines is 1. The van der Waals surface area contributed by atoms with Crippen molar-refractivity contribution < 1.29 is 0 Å². The number of aromatic nitrogens is 4. The fraction of sp³-hybridized carbons (Fsp3) is 0. The van der Waals surface area contributed by atoms with Gasteiger partial charge in [0.05, 0.1) is 6.21 Å². The van der Waals surface area contributed by atoms with E-state index in [1.54, 1.807) is 6.21 Å². The average Bonchev–Trinajstić information content (AvgIpc) is 2.92. The zero-order valence-electron chi connectivity index (χ0n) is 12.2. The predicted molar refractivity (Wildman–Crippen MR) is 107 cm³/mol. The molecule has 2 aromatic carbocycles. The van der Waals surface area contributed by atoms with E-state index in [0.29, 0.717) is 11.6 Å². The minimum absolute atomic E-state index is 0.343. The molecule has 0 aliphatic carbocycles. The second-order valence-corrected chi connectivity index (χ2v) is 7.23. The summed E-state index contributed by atoms with van der Waals surface area (Å²) in [6, 6.07) is 14.0. The van der Waals surface area contributed by atoms with E-state index < -0.39 is 0 Å². The van der Waals surface area contributed by atoms with Gasteiger partial charge < -0.3 is 4.98 Å². The minimum Gasteiger partial charge on any atom is -0.338 e. The molecule has 2 aromatic heterocycles. The van der Waals surface area contributed by atoms with E-state index in [1.165, 1.54) is 0 Å². The highest BCUT2D eigenvalue weighted by Gasteiger charge is 2.09. The molecule has 118 valence electrons. The largest absolute Gasteiger partial charge is 0.338 e. The maximum Gasteiger partial charge on any atom is 0.265 e. The van der Waals surface area contributed by atoms with Gasteiger partial charge in [0.15, 0.2) is 5.65 Å². The van der Waals surface area contributed by atoms with Gasteiger partial charge in [0, 0.05) is 18.9 Å². The molecule has 0 radical (unpaired) electrons. The van der Waals surface area contributed by atoms with Gasteiger partial charge in [0.25, 0.3) is 5.95 Å². The van der Waals surface area contributed by atoms with Gasteiger partial charge >= 0.3 is 0 Å². The highest BCUT2D eigenvalue weighted by atomic mass is 127. The Morgan fingerprint density at radius 2 is 2.08 bits per heavy atom. The quantitative estimate of drug-likeness (QED) is 0.253. The van der Waals surface area contributed by atoms with Crippen molar-refractivity contribution in [1.82, 2.24) is 20.2 Å². The maximum absolute atomic E-state index is 4.42. The Labute approximate surface area is 159 Å². The number of fused-ring (bicyclic) bond motifs is 3. The lowest BCUT2D eigenvalue weighted by Gasteiger charge is -1.97. The summed E-state index contributed by atoms with van der Waals surface area (Å²) < 4.78 is 2.14. The SMILES string of the molecule is Brc1ccc2[nH]c3nc(N/N=C\c4cccc(I)c4)nnc3c2c1. The van der Waals surface area contributed by atoms with E-state index in [-0.39, 0.29) is 0 Å². The van der Waals surface area contributed by atoms with Crippen LogP contribution in [-0.4, -0.2) is 26.4 Å². The molecule has 0 amide bonds. The molecule has 4 aromatic rings. The zero-order valence-corrected chi connectivity index (χ0v) is 15.9. The first-order valence-corrected chi connectivity index (χ1v) is 8.92. The number of nitrogens with zero attached hydrogens (tertiary/aromatic N) is 4. The van der Waals surface area contributed by atoms with Crippen LogP contribution in [0.2, 0.25) is 0 Å². The number of hydrogen-bond donors (Lipinski definition) is 2. The molecule has 0 aliphatic heterocycles. The third kappa shape index (κ3) is 3.11. The fourth-order valence-corrected chi connectivity index (χ4v) is 3.27. The van der Waals surface area contributed by atoms with Crippen molar-refractivity contribution in [2.75, 3.05) is 5.43 Å². The molecule has 6 nitrogen and oxygen atoms in total. The molecule has 0 atom stereocenters. The van der Waals surface area contributed by atoms with Crippen molar-refractivity contribution in [3.8, 4) is 0 Å². The van der Waals surface area contributed by atoms with Crippen molar-refractivity contribution in [1.29, 1.82) is 0 Å². The molecule has 2 N–H and O–H groups in total. The predicted octanol–water partition coefficient (Wildman–Crippen LogP) is 4.32. The Kier molecular flexibility index (Phi) is 4.15. The Hall–Kier alpha value is -2.07. The average molecular weight is 493 g/mol. The van der Waals surface area contributed by atoms with Gasteiger partial charge in [0.1, 0.15) is 5.52 Å². The van der Waals surface area contributed by atoms with Crippen LogP contribution in [0.25, 0.3) is 22.1 Å². The molecule has 8 heteroatoms. The number of rotatable bonds is 3. The number of H-pyrrole nitrogens is 1. The van der Waals surface area contributed by atoms with Crippen molar-refractivity contribution >= 4 is 72.8 Å².